The topological polar surface area (TPSA) is 106 Å². The van der Waals surface area contributed by atoms with Crippen LogP contribution in [0.2, 0.25) is 0 Å². The van der Waals surface area contributed by atoms with Gasteiger partial charge in [-0.25, -0.2) is 4.99 Å². The van der Waals surface area contributed by atoms with Crippen LogP contribution in [0.4, 0.5) is 0 Å². The van der Waals surface area contributed by atoms with E-state index >= 15 is 0 Å². The Hall–Kier alpha value is -1.63. The fourth-order valence-corrected chi connectivity index (χ4v) is 3.39. The van der Waals surface area contributed by atoms with Gasteiger partial charge in [0.2, 0.25) is 0 Å². The van der Waals surface area contributed by atoms with Crippen molar-refractivity contribution < 1.29 is 14.5 Å². The minimum atomic E-state index is -1.25. The van der Waals surface area contributed by atoms with E-state index in [1.807, 2.05) is 13.8 Å². The van der Waals surface area contributed by atoms with Crippen LogP contribution in [0.1, 0.15) is 13.8 Å². The van der Waals surface area contributed by atoms with E-state index in [1.165, 1.54) is 0 Å². The minimum Gasteiger partial charge on any atom is -0.311 e. The summed E-state index contributed by atoms with van der Waals surface area (Å²) in [6.45, 7) is 4.08. The Morgan fingerprint density at radius 2 is 2.12 bits per heavy atom. The highest BCUT2D eigenvalue weighted by atomic mass is 16.8. The van der Waals surface area contributed by atoms with Gasteiger partial charge in [-0.1, -0.05) is 6.92 Å². The van der Waals surface area contributed by atoms with Gasteiger partial charge >= 0.3 is 5.91 Å². The van der Waals surface area contributed by atoms with Crippen molar-refractivity contribution in [3.63, 3.8) is 0 Å². The summed E-state index contributed by atoms with van der Waals surface area (Å²) in [6.07, 6.45) is -0.122. The zero-order chi connectivity index (χ0) is 12.5. The molecule has 0 radical (unpaired) electrons. The van der Waals surface area contributed by atoms with Crippen LogP contribution in [0.15, 0.2) is 0 Å². The molecule has 0 aromatic carbocycles. The van der Waals surface area contributed by atoms with Crippen LogP contribution >= 0.6 is 0 Å². The number of amidine groups is 1. The predicted octanol–water partition coefficient (Wildman–Crippen LogP) is -1.80. The molecule has 0 aromatic heterocycles. The van der Waals surface area contributed by atoms with E-state index in [1.54, 1.807) is 0 Å². The van der Waals surface area contributed by atoms with Crippen LogP contribution in [0.25, 0.3) is 0 Å². The number of nitrogens with zero attached hydrogens (tertiary/aromatic N) is 2. The van der Waals surface area contributed by atoms with Gasteiger partial charge in [0.05, 0.1) is 24.8 Å². The van der Waals surface area contributed by atoms with E-state index in [4.69, 9.17) is 15.2 Å². The van der Waals surface area contributed by atoms with Crippen LogP contribution in [0.3, 0.4) is 0 Å². The first-order valence-corrected chi connectivity index (χ1v) is 5.56. The van der Waals surface area contributed by atoms with Crippen molar-refractivity contribution in [1.82, 2.24) is 0 Å². The maximum Gasteiger partial charge on any atom is 0.343 e. The molecular formula is C11H13N4O2+. The third-order valence-corrected chi connectivity index (χ3v) is 4.32. The highest BCUT2D eigenvalue weighted by Gasteiger charge is 2.96. The molecule has 88 valence electrons. The van der Waals surface area contributed by atoms with E-state index in [2.05, 4.69) is 17.1 Å². The van der Waals surface area contributed by atoms with Crippen LogP contribution in [-0.4, -0.2) is 24.5 Å². The molecule has 2 aliphatic heterocycles. The van der Waals surface area contributed by atoms with Crippen LogP contribution < -0.4 is 10.7 Å². The van der Waals surface area contributed by atoms with Crippen molar-refractivity contribution in [2.45, 2.75) is 25.9 Å². The number of fused-ring (bicyclic) bond motifs is 2. The SMILES string of the molecule is C[C@@H]1CO[C@]2([NH+]=C(N)[C@@]3(C#N)[C@@H](C)[C@@]23C#N)O1. The summed E-state index contributed by atoms with van der Waals surface area (Å²) in [4.78, 5) is 2.88. The molecule has 2 heterocycles. The molecule has 5 atom stereocenters. The van der Waals surface area contributed by atoms with Crippen LogP contribution in [-0.2, 0) is 9.47 Å². The lowest BCUT2D eigenvalue weighted by Gasteiger charge is -2.23. The van der Waals surface area contributed by atoms with Gasteiger partial charge in [0.1, 0.15) is 0 Å². The lowest BCUT2D eigenvalue weighted by molar-refractivity contribution is -0.678. The Morgan fingerprint density at radius 1 is 1.41 bits per heavy atom. The Kier molecular flexibility index (Phi) is 1.62. The molecule has 0 aromatic rings. The van der Waals surface area contributed by atoms with Gasteiger partial charge in [0.15, 0.2) is 10.8 Å². The number of rotatable bonds is 0. The van der Waals surface area contributed by atoms with E-state index < -0.39 is 16.7 Å². The Balaban J connectivity index is 2.18. The monoisotopic (exact) mass is 233 g/mol. The number of nitriles is 2. The van der Waals surface area contributed by atoms with Crippen molar-refractivity contribution in [3.05, 3.63) is 0 Å². The third kappa shape index (κ3) is 0.744. The summed E-state index contributed by atoms with van der Waals surface area (Å²) in [6, 6.07) is 4.37. The van der Waals surface area contributed by atoms with Gasteiger partial charge in [0, 0.05) is 5.92 Å². The third-order valence-electron chi connectivity index (χ3n) is 4.32. The molecular weight excluding hydrogens is 220 g/mol. The smallest absolute Gasteiger partial charge is 0.311 e. The maximum absolute atomic E-state index is 9.49. The molecule has 6 nitrogen and oxygen atoms in total. The Bertz CT molecular complexity index is 519. The van der Waals surface area contributed by atoms with Crippen molar-refractivity contribution in [1.29, 1.82) is 10.5 Å². The zero-order valence-corrected chi connectivity index (χ0v) is 9.65. The lowest BCUT2D eigenvalue weighted by Crippen LogP contribution is -2.90. The molecule has 3 rings (SSSR count). The molecule has 2 fully saturated rings. The van der Waals surface area contributed by atoms with Gasteiger partial charge in [-0.3, -0.25) is 5.73 Å². The molecule has 3 aliphatic rings. The summed E-state index contributed by atoms with van der Waals surface area (Å²) >= 11 is 0. The second-order valence-corrected chi connectivity index (χ2v) is 4.96. The van der Waals surface area contributed by atoms with E-state index in [9.17, 15) is 10.5 Å². The van der Waals surface area contributed by atoms with Crippen molar-refractivity contribution >= 4 is 5.84 Å². The molecule has 1 spiro atoms. The number of hydrogen-bond donors (Lipinski definition) is 2. The molecule has 0 amide bonds. The highest BCUT2D eigenvalue weighted by molar-refractivity contribution is 5.93. The normalized spacial score (nSPS) is 54.9. The van der Waals surface area contributed by atoms with Gasteiger partial charge < -0.3 is 9.47 Å². The van der Waals surface area contributed by atoms with Gasteiger partial charge in [0.25, 0.3) is 5.84 Å². The average molecular weight is 233 g/mol. The first-order chi connectivity index (χ1) is 8.00. The summed E-state index contributed by atoms with van der Waals surface area (Å²) in [7, 11) is 0. The van der Waals surface area contributed by atoms with E-state index in [0.717, 1.165) is 0 Å². The number of nitrogens with two attached hydrogens (primary N) is 1. The summed E-state index contributed by atoms with van der Waals surface area (Å²) < 4.78 is 11.3. The molecule has 6 heteroatoms. The molecule has 0 unspecified atom stereocenters. The number of ether oxygens (including phenoxy) is 2. The van der Waals surface area contributed by atoms with Crippen LogP contribution in [0.5, 0.6) is 0 Å². The van der Waals surface area contributed by atoms with E-state index in [0.29, 0.717) is 6.61 Å². The van der Waals surface area contributed by atoms with Gasteiger partial charge in [-0.05, 0) is 6.92 Å². The predicted molar refractivity (Wildman–Crippen MR) is 54.6 cm³/mol. The summed E-state index contributed by atoms with van der Waals surface area (Å²) in [5, 5.41) is 18.9. The molecule has 17 heavy (non-hydrogen) atoms. The minimum absolute atomic E-state index is 0.122. The Morgan fingerprint density at radius 3 is 2.53 bits per heavy atom. The highest BCUT2D eigenvalue weighted by Crippen LogP contribution is 2.74. The fourth-order valence-electron chi connectivity index (χ4n) is 3.39. The van der Waals surface area contributed by atoms with Gasteiger partial charge in [-0.15, -0.1) is 0 Å². The molecule has 3 N–H and O–H groups in total. The second kappa shape index (κ2) is 2.61. The van der Waals surface area contributed by atoms with Crippen LogP contribution in [0, 0.1) is 39.4 Å². The quantitative estimate of drug-likeness (QED) is 0.513. The molecule has 0 bridgehead atoms. The average Bonchev–Trinajstić information content (AvgIpc) is 2.54. The largest absolute Gasteiger partial charge is 0.343 e. The number of hydrogen-bond acceptors (Lipinski definition) is 5. The van der Waals surface area contributed by atoms with Crippen molar-refractivity contribution in [2.75, 3.05) is 6.61 Å². The Labute approximate surface area is 98.6 Å². The standard InChI is InChI=1S/C11H12N4O2/c1-6-3-16-11(17-6)10(5-13)7(2)9(10,4-12)8(14)15-11/h6-7H,3H2,1-2H3,(H2,14,15)/p+1/t6-,7-,9-,10-,11+/m1/s1. The molecule has 1 saturated carbocycles. The van der Waals surface area contributed by atoms with E-state index in [-0.39, 0.29) is 17.9 Å². The van der Waals surface area contributed by atoms with Gasteiger partial charge in [-0.2, -0.15) is 10.5 Å². The summed E-state index contributed by atoms with van der Waals surface area (Å²) in [5.74, 6) is -1.17. The first kappa shape index (κ1) is 10.5. The first-order valence-electron chi connectivity index (χ1n) is 5.56. The fraction of sp³-hybridized carbons (Fsp3) is 0.727. The molecule has 1 aliphatic carbocycles. The zero-order valence-electron chi connectivity index (χ0n) is 9.65. The maximum atomic E-state index is 9.49. The second-order valence-electron chi connectivity index (χ2n) is 4.96. The molecule has 1 saturated heterocycles. The summed E-state index contributed by atoms with van der Waals surface area (Å²) in [5.41, 5.74) is 3.86. The van der Waals surface area contributed by atoms with Crippen molar-refractivity contribution in [3.8, 4) is 12.1 Å². The van der Waals surface area contributed by atoms with Crippen molar-refractivity contribution in [2.24, 2.45) is 22.5 Å². The lowest BCUT2D eigenvalue weighted by atomic mass is 9.94. The number of nitrogens with one attached hydrogen (secondary N) is 1.